The van der Waals surface area contributed by atoms with Gasteiger partial charge in [-0.25, -0.2) is 4.39 Å². The van der Waals surface area contributed by atoms with Gasteiger partial charge in [0.15, 0.2) is 0 Å². The molecule has 2 amide bonds. The molecule has 2 aromatic carbocycles. The normalized spacial score (nSPS) is 14.8. The quantitative estimate of drug-likeness (QED) is 0.532. The zero-order valence-corrected chi connectivity index (χ0v) is 19.8. The third-order valence-corrected chi connectivity index (χ3v) is 6.97. The molecular formula is C26H33FN2O2S. The molecule has 0 aromatic heterocycles. The second-order valence-corrected chi connectivity index (χ2v) is 9.49. The van der Waals surface area contributed by atoms with Crippen molar-refractivity contribution >= 4 is 23.6 Å². The molecular weight excluding hydrogens is 423 g/mol. The number of carbonyl (C=O) groups excluding carboxylic acids is 2. The van der Waals surface area contributed by atoms with Gasteiger partial charge in [0.05, 0.1) is 5.75 Å². The van der Waals surface area contributed by atoms with Crippen LogP contribution >= 0.6 is 11.8 Å². The van der Waals surface area contributed by atoms with E-state index < -0.39 is 6.04 Å². The molecule has 1 saturated carbocycles. The predicted molar refractivity (Wildman–Crippen MR) is 129 cm³/mol. The van der Waals surface area contributed by atoms with Gasteiger partial charge in [0.1, 0.15) is 11.9 Å². The Kier molecular flexibility index (Phi) is 9.15. The van der Waals surface area contributed by atoms with Crippen molar-refractivity contribution in [3.8, 4) is 0 Å². The Morgan fingerprint density at radius 1 is 1.12 bits per heavy atom. The van der Waals surface area contributed by atoms with Crippen LogP contribution in [0.15, 0.2) is 48.5 Å². The maximum atomic E-state index is 13.9. The first-order valence-corrected chi connectivity index (χ1v) is 12.6. The van der Waals surface area contributed by atoms with Crippen LogP contribution < -0.4 is 5.32 Å². The number of amides is 2. The highest BCUT2D eigenvalue weighted by Crippen LogP contribution is 2.21. The third kappa shape index (κ3) is 6.83. The first-order chi connectivity index (χ1) is 15.5. The summed E-state index contributed by atoms with van der Waals surface area (Å²) < 4.78 is 13.9. The fourth-order valence-electron chi connectivity index (χ4n) is 4.12. The van der Waals surface area contributed by atoms with Crippen LogP contribution in [-0.2, 0) is 21.9 Å². The SMILES string of the molecule is CCC(C(=O)NC1CCCC1)N(Cc1ccc(C)cc1)C(=O)CSCc1ccccc1F. The van der Waals surface area contributed by atoms with Gasteiger partial charge in [-0.15, -0.1) is 11.8 Å². The fraction of sp³-hybridized carbons (Fsp3) is 0.462. The molecule has 1 atom stereocenters. The lowest BCUT2D eigenvalue weighted by Gasteiger charge is -2.31. The summed E-state index contributed by atoms with van der Waals surface area (Å²) in [5.41, 5.74) is 2.73. The maximum Gasteiger partial charge on any atom is 0.243 e. The lowest BCUT2D eigenvalue weighted by atomic mass is 10.1. The Labute approximate surface area is 195 Å². The Morgan fingerprint density at radius 3 is 2.47 bits per heavy atom. The Balaban J connectivity index is 1.70. The lowest BCUT2D eigenvalue weighted by molar-refractivity contribution is -0.139. The van der Waals surface area contributed by atoms with Crippen LogP contribution in [0.5, 0.6) is 0 Å². The molecule has 0 spiro atoms. The first kappa shape index (κ1) is 24.3. The number of carbonyl (C=O) groups is 2. The highest BCUT2D eigenvalue weighted by Gasteiger charge is 2.30. The number of hydrogen-bond acceptors (Lipinski definition) is 3. The first-order valence-electron chi connectivity index (χ1n) is 11.4. The molecule has 1 unspecified atom stereocenters. The average Bonchev–Trinajstić information content (AvgIpc) is 3.29. The Hall–Kier alpha value is -2.34. The van der Waals surface area contributed by atoms with Crippen LogP contribution in [0.25, 0.3) is 0 Å². The molecule has 0 heterocycles. The zero-order valence-electron chi connectivity index (χ0n) is 19.0. The van der Waals surface area contributed by atoms with E-state index in [4.69, 9.17) is 0 Å². The van der Waals surface area contributed by atoms with E-state index in [2.05, 4.69) is 5.32 Å². The smallest absolute Gasteiger partial charge is 0.243 e. The summed E-state index contributed by atoms with van der Waals surface area (Å²) in [7, 11) is 0. The number of nitrogens with zero attached hydrogens (tertiary/aromatic N) is 1. The van der Waals surface area contributed by atoms with Gasteiger partial charge in [0.2, 0.25) is 11.8 Å². The molecule has 4 nitrogen and oxygen atoms in total. The average molecular weight is 457 g/mol. The van der Waals surface area contributed by atoms with E-state index in [1.54, 1.807) is 23.1 Å². The molecule has 0 radical (unpaired) electrons. The van der Waals surface area contributed by atoms with Crippen molar-refractivity contribution in [3.63, 3.8) is 0 Å². The maximum absolute atomic E-state index is 13.9. The van der Waals surface area contributed by atoms with Gasteiger partial charge in [-0.3, -0.25) is 9.59 Å². The summed E-state index contributed by atoms with van der Waals surface area (Å²) in [4.78, 5) is 28.1. The van der Waals surface area contributed by atoms with Crippen LogP contribution in [0.4, 0.5) is 4.39 Å². The Morgan fingerprint density at radius 2 is 1.81 bits per heavy atom. The van der Waals surface area contributed by atoms with E-state index in [0.29, 0.717) is 24.3 Å². The minimum Gasteiger partial charge on any atom is -0.352 e. The summed E-state index contributed by atoms with van der Waals surface area (Å²) in [6.07, 6.45) is 4.84. The van der Waals surface area contributed by atoms with Crippen molar-refractivity contribution in [2.75, 3.05) is 5.75 Å². The van der Waals surface area contributed by atoms with Crippen LogP contribution in [0.3, 0.4) is 0 Å². The number of rotatable bonds is 10. The van der Waals surface area contributed by atoms with E-state index in [-0.39, 0.29) is 29.4 Å². The zero-order chi connectivity index (χ0) is 22.9. The number of nitrogens with one attached hydrogen (secondary N) is 1. The highest BCUT2D eigenvalue weighted by molar-refractivity contribution is 7.99. The van der Waals surface area contributed by atoms with Crippen LogP contribution in [-0.4, -0.2) is 34.6 Å². The molecule has 1 fully saturated rings. The minimum absolute atomic E-state index is 0.0704. The van der Waals surface area contributed by atoms with Crippen molar-refractivity contribution in [3.05, 3.63) is 71.0 Å². The second-order valence-electron chi connectivity index (χ2n) is 8.51. The lowest BCUT2D eigenvalue weighted by Crippen LogP contribution is -2.51. The Bertz CT molecular complexity index is 897. The largest absolute Gasteiger partial charge is 0.352 e. The van der Waals surface area contributed by atoms with Gasteiger partial charge < -0.3 is 10.2 Å². The molecule has 172 valence electrons. The summed E-state index contributed by atoms with van der Waals surface area (Å²) in [6.45, 7) is 4.35. The highest BCUT2D eigenvalue weighted by atomic mass is 32.2. The van der Waals surface area contributed by atoms with Crippen LogP contribution in [0.1, 0.15) is 55.7 Å². The monoisotopic (exact) mass is 456 g/mol. The van der Waals surface area contributed by atoms with Gasteiger partial charge in [-0.1, -0.05) is 67.8 Å². The molecule has 2 aromatic rings. The van der Waals surface area contributed by atoms with Gasteiger partial charge in [-0.2, -0.15) is 0 Å². The summed E-state index contributed by atoms with van der Waals surface area (Å²) >= 11 is 1.38. The van der Waals surface area contributed by atoms with E-state index >= 15 is 0 Å². The van der Waals surface area contributed by atoms with Crippen LogP contribution in [0, 0.1) is 12.7 Å². The van der Waals surface area contributed by atoms with Gasteiger partial charge >= 0.3 is 0 Å². The summed E-state index contributed by atoms with van der Waals surface area (Å²) in [6, 6.07) is 14.4. The van der Waals surface area contributed by atoms with Crippen molar-refractivity contribution in [1.82, 2.24) is 10.2 Å². The molecule has 1 aliphatic rings. The predicted octanol–water partition coefficient (Wildman–Crippen LogP) is 5.23. The van der Waals surface area contributed by atoms with Gasteiger partial charge in [-0.05, 0) is 43.4 Å². The fourth-order valence-corrected chi connectivity index (χ4v) is 5.02. The molecule has 0 bridgehead atoms. The molecule has 6 heteroatoms. The van der Waals surface area contributed by atoms with Crippen molar-refractivity contribution < 1.29 is 14.0 Å². The molecule has 0 aliphatic heterocycles. The molecule has 0 saturated heterocycles. The standard InChI is InChI=1S/C26H33FN2O2S/c1-3-24(26(31)28-22-9-5-6-10-22)29(16-20-14-12-19(2)13-15-20)25(30)18-32-17-21-8-4-7-11-23(21)27/h4,7-8,11-15,22,24H,3,5-6,9-10,16-18H2,1-2H3,(H,28,31). The number of hydrogen-bond donors (Lipinski definition) is 1. The number of thioether (sulfide) groups is 1. The molecule has 1 N–H and O–H groups in total. The summed E-state index contributed by atoms with van der Waals surface area (Å²) in [5, 5.41) is 3.16. The third-order valence-electron chi connectivity index (χ3n) is 6.00. The van der Waals surface area contributed by atoms with E-state index in [1.807, 2.05) is 38.1 Å². The number of aryl methyl sites for hydroxylation is 1. The summed E-state index contributed by atoms with van der Waals surface area (Å²) in [5.74, 6) is 0.195. The van der Waals surface area contributed by atoms with Crippen molar-refractivity contribution in [1.29, 1.82) is 0 Å². The molecule has 1 aliphatic carbocycles. The van der Waals surface area contributed by atoms with E-state index in [1.165, 1.54) is 17.8 Å². The topological polar surface area (TPSA) is 49.4 Å². The van der Waals surface area contributed by atoms with Gasteiger partial charge in [0.25, 0.3) is 0 Å². The minimum atomic E-state index is -0.515. The van der Waals surface area contributed by atoms with E-state index in [0.717, 1.165) is 36.8 Å². The molecule has 3 rings (SSSR count). The van der Waals surface area contributed by atoms with Gasteiger partial charge in [0, 0.05) is 18.3 Å². The van der Waals surface area contributed by atoms with Crippen LogP contribution in [0.2, 0.25) is 0 Å². The van der Waals surface area contributed by atoms with E-state index in [9.17, 15) is 14.0 Å². The number of halogens is 1. The number of benzene rings is 2. The molecule has 32 heavy (non-hydrogen) atoms. The van der Waals surface area contributed by atoms with Crippen molar-refractivity contribution in [2.24, 2.45) is 0 Å². The second kappa shape index (κ2) is 12.0. The van der Waals surface area contributed by atoms with Crippen molar-refractivity contribution in [2.45, 2.75) is 70.3 Å².